The zero-order chi connectivity index (χ0) is 17.1. The SMILES string of the molecule is CN(C)c1ccc(N2CCN(C(=O)c3cncc(F)c3)CC2)nn1. The van der Waals surface area contributed by atoms with E-state index in [0.29, 0.717) is 26.2 Å². The first-order valence-corrected chi connectivity index (χ1v) is 7.70. The minimum Gasteiger partial charge on any atom is -0.361 e. The van der Waals surface area contributed by atoms with Gasteiger partial charge in [-0.1, -0.05) is 0 Å². The molecule has 2 aromatic rings. The van der Waals surface area contributed by atoms with Crippen molar-refractivity contribution in [1.29, 1.82) is 0 Å². The normalized spacial score (nSPS) is 14.6. The first-order chi connectivity index (χ1) is 11.5. The van der Waals surface area contributed by atoms with Crippen LogP contribution in [0.2, 0.25) is 0 Å². The highest BCUT2D eigenvalue weighted by Crippen LogP contribution is 2.16. The fraction of sp³-hybridized carbons (Fsp3) is 0.375. The van der Waals surface area contributed by atoms with Crippen molar-refractivity contribution in [3.8, 4) is 0 Å². The van der Waals surface area contributed by atoms with Gasteiger partial charge in [-0.2, -0.15) is 0 Å². The van der Waals surface area contributed by atoms with Gasteiger partial charge in [-0.3, -0.25) is 9.78 Å². The predicted molar refractivity (Wildman–Crippen MR) is 88.7 cm³/mol. The summed E-state index contributed by atoms with van der Waals surface area (Å²) in [6.45, 7) is 2.41. The van der Waals surface area contributed by atoms with Crippen LogP contribution >= 0.6 is 0 Å². The van der Waals surface area contributed by atoms with E-state index in [4.69, 9.17) is 0 Å². The summed E-state index contributed by atoms with van der Waals surface area (Å²) in [5.41, 5.74) is 0.276. The number of aromatic nitrogens is 3. The van der Waals surface area contributed by atoms with E-state index >= 15 is 0 Å². The number of amides is 1. The van der Waals surface area contributed by atoms with Gasteiger partial charge >= 0.3 is 0 Å². The monoisotopic (exact) mass is 330 g/mol. The highest BCUT2D eigenvalue weighted by molar-refractivity contribution is 5.94. The molecule has 1 aliphatic heterocycles. The molecule has 1 saturated heterocycles. The van der Waals surface area contributed by atoms with Crippen molar-refractivity contribution in [2.24, 2.45) is 0 Å². The van der Waals surface area contributed by atoms with Crippen molar-refractivity contribution in [3.63, 3.8) is 0 Å². The van der Waals surface area contributed by atoms with Crippen LogP contribution in [0.5, 0.6) is 0 Å². The Morgan fingerprint density at radius 1 is 1.12 bits per heavy atom. The molecular weight excluding hydrogens is 311 g/mol. The van der Waals surface area contributed by atoms with E-state index in [0.717, 1.165) is 17.8 Å². The Hall–Kier alpha value is -2.77. The van der Waals surface area contributed by atoms with Crippen LogP contribution in [0.1, 0.15) is 10.4 Å². The fourth-order valence-electron chi connectivity index (χ4n) is 2.58. The Morgan fingerprint density at radius 2 is 1.88 bits per heavy atom. The highest BCUT2D eigenvalue weighted by atomic mass is 19.1. The van der Waals surface area contributed by atoms with Crippen LogP contribution in [0, 0.1) is 5.82 Å². The molecular formula is C16H19FN6O. The summed E-state index contributed by atoms with van der Waals surface area (Å²) < 4.78 is 13.2. The molecule has 1 fully saturated rings. The van der Waals surface area contributed by atoms with Crippen molar-refractivity contribution < 1.29 is 9.18 Å². The Balaban J connectivity index is 1.62. The molecule has 0 radical (unpaired) electrons. The van der Waals surface area contributed by atoms with Crippen molar-refractivity contribution in [3.05, 3.63) is 42.0 Å². The third-order valence-electron chi connectivity index (χ3n) is 3.94. The lowest BCUT2D eigenvalue weighted by atomic mass is 10.2. The van der Waals surface area contributed by atoms with Crippen LogP contribution in [0.15, 0.2) is 30.6 Å². The number of anilines is 2. The summed E-state index contributed by atoms with van der Waals surface area (Å²) in [7, 11) is 3.82. The van der Waals surface area contributed by atoms with Crippen LogP contribution in [0.25, 0.3) is 0 Å². The maximum absolute atomic E-state index is 13.2. The highest BCUT2D eigenvalue weighted by Gasteiger charge is 2.23. The van der Waals surface area contributed by atoms with E-state index in [1.54, 1.807) is 4.90 Å². The number of halogens is 1. The van der Waals surface area contributed by atoms with Gasteiger partial charge in [0.15, 0.2) is 11.6 Å². The molecule has 1 aliphatic rings. The first kappa shape index (κ1) is 16.1. The zero-order valence-electron chi connectivity index (χ0n) is 13.7. The van der Waals surface area contributed by atoms with Gasteiger partial charge in [0.05, 0.1) is 11.8 Å². The number of pyridine rings is 1. The van der Waals surface area contributed by atoms with Gasteiger partial charge < -0.3 is 14.7 Å². The Morgan fingerprint density at radius 3 is 2.46 bits per heavy atom. The molecule has 1 amide bonds. The predicted octanol–water partition coefficient (Wildman–Crippen LogP) is 1.04. The molecule has 0 saturated carbocycles. The minimum atomic E-state index is -0.504. The van der Waals surface area contributed by atoms with Gasteiger partial charge in [0.2, 0.25) is 0 Å². The molecule has 8 heteroatoms. The van der Waals surface area contributed by atoms with Crippen LogP contribution in [-0.2, 0) is 0 Å². The lowest BCUT2D eigenvalue weighted by Gasteiger charge is -2.35. The molecule has 3 heterocycles. The van der Waals surface area contributed by atoms with E-state index < -0.39 is 5.82 Å². The molecule has 2 aromatic heterocycles. The van der Waals surface area contributed by atoms with Gasteiger partial charge in [-0.05, 0) is 18.2 Å². The van der Waals surface area contributed by atoms with Gasteiger partial charge in [0.1, 0.15) is 5.82 Å². The topological polar surface area (TPSA) is 65.5 Å². The number of rotatable bonds is 3. The van der Waals surface area contributed by atoms with Crippen LogP contribution < -0.4 is 9.80 Å². The van der Waals surface area contributed by atoms with Crippen LogP contribution in [0.3, 0.4) is 0 Å². The second-order valence-corrected chi connectivity index (χ2v) is 5.82. The maximum Gasteiger partial charge on any atom is 0.255 e. The third kappa shape index (κ3) is 3.42. The second-order valence-electron chi connectivity index (χ2n) is 5.82. The molecule has 0 atom stereocenters. The summed E-state index contributed by atoms with van der Waals surface area (Å²) in [6, 6.07) is 5.06. The lowest BCUT2D eigenvalue weighted by molar-refractivity contribution is 0.0745. The third-order valence-corrected chi connectivity index (χ3v) is 3.94. The summed E-state index contributed by atoms with van der Waals surface area (Å²) >= 11 is 0. The zero-order valence-corrected chi connectivity index (χ0v) is 13.7. The van der Waals surface area contributed by atoms with E-state index in [2.05, 4.69) is 20.1 Å². The molecule has 0 bridgehead atoms. The number of carbonyl (C=O) groups is 1. The summed E-state index contributed by atoms with van der Waals surface area (Å²) in [5, 5.41) is 8.40. The quantitative estimate of drug-likeness (QED) is 0.838. The maximum atomic E-state index is 13.2. The van der Waals surface area contributed by atoms with E-state index in [-0.39, 0.29) is 11.5 Å². The van der Waals surface area contributed by atoms with Crippen LogP contribution in [0.4, 0.5) is 16.0 Å². The van der Waals surface area contributed by atoms with E-state index in [1.807, 2.05) is 31.1 Å². The molecule has 0 aliphatic carbocycles. The minimum absolute atomic E-state index is 0.198. The smallest absolute Gasteiger partial charge is 0.255 e. The molecule has 0 N–H and O–H groups in total. The Labute approximate surface area is 139 Å². The molecule has 7 nitrogen and oxygen atoms in total. The molecule has 126 valence electrons. The van der Waals surface area contributed by atoms with Gasteiger partial charge in [-0.15, -0.1) is 10.2 Å². The first-order valence-electron chi connectivity index (χ1n) is 7.70. The van der Waals surface area contributed by atoms with Crippen LogP contribution in [-0.4, -0.2) is 66.3 Å². The largest absolute Gasteiger partial charge is 0.361 e. The second kappa shape index (κ2) is 6.77. The number of carbonyl (C=O) groups excluding carboxylic acids is 1. The summed E-state index contributed by atoms with van der Waals surface area (Å²) in [6.07, 6.45) is 2.48. The van der Waals surface area contributed by atoms with Gasteiger partial charge in [-0.25, -0.2) is 4.39 Å². The Bertz CT molecular complexity index is 713. The van der Waals surface area contributed by atoms with E-state index in [1.165, 1.54) is 12.3 Å². The van der Waals surface area contributed by atoms with Crippen molar-refractivity contribution in [1.82, 2.24) is 20.1 Å². The molecule has 3 rings (SSSR count). The lowest BCUT2D eigenvalue weighted by Crippen LogP contribution is -2.49. The number of hydrogen-bond donors (Lipinski definition) is 0. The number of hydrogen-bond acceptors (Lipinski definition) is 6. The number of piperazine rings is 1. The molecule has 24 heavy (non-hydrogen) atoms. The van der Waals surface area contributed by atoms with Crippen molar-refractivity contribution >= 4 is 17.5 Å². The van der Waals surface area contributed by atoms with Gasteiger partial charge in [0.25, 0.3) is 5.91 Å². The number of nitrogens with zero attached hydrogens (tertiary/aromatic N) is 6. The standard InChI is InChI=1S/C16H19FN6O/c1-21(2)14-3-4-15(20-19-14)22-5-7-23(8-6-22)16(24)12-9-13(17)11-18-10-12/h3-4,9-11H,5-8H2,1-2H3. The molecule has 0 unspecified atom stereocenters. The Kier molecular flexibility index (Phi) is 4.54. The molecule has 0 spiro atoms. The summed E-state index contributed by atoms with van der Waals surface area (Å²) in [4.78, 5) is 21.8. The van der Waals surface area contributed by atoms with Gasteiger partial charge in [0, 0.05) is 46.5 Å². The summed E-state index contributed by atoms with van der Waals surface area (Å²) in [5.74, 6) is 0.887. The van der Waals surface area contributed by atoms with Crippen molar-refractivity contribution in [2.45, 2.75) is 0 Å². The fourth-order valence-corrected chi connectivity index (χ4v) is 2.58. The van der Waals surface area contributed by atoms with E-state index in [9.17, 15) is 9.18 Å². The van der Waals surface area contributed by atoms with Crippen molar-refractivity contribution in [2.75, 3.05) is 50.1 Å². The molecule has 0 aromatic carbocycles. The average Bonchev–Trinajstić information content (AvgIpc) is 2.61. The average molecular weight is 330 g/mol.